The van der Waals surface area contributed by atoms with E-state index in [0.717, 1.165) is 19.3 Å². The summed E-state index contributed by atoms with van der Waals surface area (Å²) in [4.78, 5) is 26.1. The maximum Gasteiger partial charge on any atom is 0.410 e. The van der Waals surface area contributed by atoms with Crippen LogP contribution in [0.4, 0.5) is 4.79 Å². The molecule has 0 N–H and O–H groups in total. The number of carbonyl (C=O) groups is 2. The first-order valence-electron chi connectivity index (χ1n) is 6.87. The highest BCUT2D eigenvalue weighted by atomic mass is 16.6. The van der Waals surface area contributed by atoms with Crippen molar-refractivity contribution in [3.8, 4) is 0 Å². The molecule has 4 aliphatic rings. The zero-order valence-electron chi connectivity index (χ0n) is 11.4. The van der Waals surface area contributed by atoms with E-state index in [1.54, 1.807) is 0 Å². The highest BCUT2D eigenvalue weighted by Crippen LogP contribution is 2.60. The average Bonchev–Trinajstić information content (AvgIpc) is 2.67. The Morgan fingerprint density at radius 3 is 2.83 bits per heavy atom. The van der Waals surface area contributed by atoms with Gasteiger partial charge in [0.05, 0.1) is 5.54 Å². The van der Waals surface area contributed by atoms with Gasteiger partial charge in [0.15, 0.2) is 0 Å². The Hall–Kier alpha value is -1.06. The van der Waals surface area contributed by atoms with E-state index in [1.807, 2.05) is 25.7 Å². The second-order valence-electron chi connectivity index (χ2n) is 6.96. The summed E-state index contributed by atoms with van der Waals surface area (Å²) in [6.45, 7) is 6.36. The molecule has 2 saturated heterocycles. The van der Waals surface area contributed by atoms with Crippen molar-refractivity contribution in [3.05, 3.63) is 0 Å². The molecule has 4 heteroatoms. The van der Waals surface area contributed by atoms with E-state index in [-0.39, 0.29) is 17.6 Å². The number of amides is 1. The van der Waals surface area contributed by atoms with Gasteiger partial charge in [-0.05, 0) is 46.0 Å². The lowest BCUT2D eigenvalue weighted by Crippen LogP contribution is -2.60. The van der Waals surface area contributed by atoms with Crippen molar-refractivity contribution in [2.24, 2.45) is 11.8 Å². The van der Waals surface area contributed by atoms with E-state index in [4.69, 9.17) is 4.74 Å². The van der Waals surface area contributed by atoms with E-state index < -0.39 is 5.60 Å². The van der Waals surface area contributed by atoms with Crippen LogP contribution in [0.2, 0.25) is 0 Å². The molecule has 3 atom stereocenters. The topological polar surface area (TPSA) is 46.6 Å². The van der Waals surface area contributed by atoms with Crippen molar-refractivity contribution >= 4 is 11.9 Å². The molecular weight excluding hydrogens is 230 g/mol. The van der Waals surface area contributed by atoms with Crippen LogP contribution >= 0.6 is 0 Å². The minimum atomic E-state index is -0.463. The van der Waals surface area contributed by atoms with E-state index in [1.165, 1.54) is 0 Å². The maximum absolute atomic E-state index is 12.2. The molecule has 1 spiro atoms. The van der Waals surface area contributed by atoms with Crippen LogP contribution in [0.15, 0.2) is 0 Å². The van der Waals surface area contributed by atoms with Crippen molar-refractivity contribution in [2.45, 2.75) is 57.6 Å². The number of rotatable bonds is 0. The number of Topliss-reactive ketones (excluding diaryl/α,β-unsaturated/α-hetero) is 1. The van der Waals surface area contributed by atoms with Crippen LogP contribution in [0.5, 0.6) is 0 Å². The number of hydrogen-bond acceptors (Lipinski definition) is 3. The number of carbonyl (C=O) groups excluding carboxylic acids is 2. The van der Waals surface area contributed by atoms with Gasteiger partial charge in [0.1, 0.15) is 11.4 Å². The maximum atomic E-state index is 12.2. The predicted molar refractivity (Wildman–Crippen MR) is 66.1 cm³/mol. The van der Waals surface area contributed by atoms with E-state index >= 15 is 0 Å². The standard InChI is InChI=1S/C14H21NO3/c1-13(2,3)18-12(17)15-8-9-7-14(15)6-4-5-10(16)11(9)14/h9,11H,4-8H2,1-3H3/t9-,11+,14-/m0/s1. The van der Waals surface area contributed by atoms with Crippen molar-refractivity contribution in [2.75, 3.05) is 6.54 Å². The first-order valence-corrected chi connectivity index (χ1v) is 6.87. The summed E-state index contributed by atoms with van der Waals surface area (Å²) < 4.78 is 5.47. The molecule has 2 saturated carbocycles. The Kier molecular flexibility index (Phi) is 2.32. The fourth-order valence-electron chi connectivity index (χ4n) is 4.09. The zero-order valence-corrected chi connectivity index (χ0v) is 11.4. The summed E-state index contributed by atoms with van der Waals surface area (Å²) in [7, 11) is 0. The molecule has 2 aliphatic heterocycles. The number of ether oxygens (including phenoxy) is 1. The third-order valence-electron chi connectivity index (χ3n) is 4.61. The molecule has 0 radical (unpaired) electrons. The van der Waals surface area contributed by atoms with Crippen LogP contribution in [0.1, 0.15) is 46.5 Å². The molecule has 0 aromatic carbocycles. The van der Waals surface area contributed by atoms with Crippen LogP contribution in [-0.4, -0.2) is 34.5 Å². The summed E-state index contributed by atoms with van der Waals surface area (Å²) in [5.74, 6) is 0.868. The summed E-state index contributed by atoms with van der Waals surface area (Å²) in [5, 5.41) is 0. The van der Waals surface area contributed by atoms with Gasteiger partial charge in [-0.1, -0.05) is 0 Å². The summed E-state index contributed by atoms with van der Waals surface area (Å²) >= 11 is 0. The summed E-state index contributed by atoms with van der Waals surface area (Å²) in [6, 6.07) is 0. The molecule has 2 aliphatic carbocycles. The van der Waals surface area contributed by atoms with E-state index in [9.17, 15) is 9.59 Å². The molecule has 1 amide bonds. The number of hydrogen-bond donors (Lipinski definition) is 0. The van der Waals surface area contributed by atoms with Crippen LogP contribution in [-0.2, 0) is 9.53 Å². The van der Waals surface area contributed by atoms with Gasteiger partial charge in [0, 0.05) is 18.9 Å². The highest BCUT2D eigenvalue weighted by molar-refractivity contribution is 5.87. The minimum absolute atomic E-state index is 0.110. The largest absolute Gasteiger partial charge is 0.444 e. The second kappa shape index (κ2) is 3.49. The third-order valence-corrected chi connectivity index (χ3v) is 4.61. The third kappa shape index (κ3) is 1.50. The Bertz CT molecular complexity index is 412. The Labute approximate surface area is 108 Å². The van der Waals surface area contributed by atoms with Crippen LogP contribution < -0.4 is 0 Å². The van der Waals surface area contributed by atoms with Gasteiger partial charge >= 0.3 is 6.09 Å². The lowest BCUT2D eigenvalue weighted by atomic mass is 9.56. The molecule has 18 heavy (non-hydrogen) atoms. The van der Waals surface area contributed by atoms with Gasteiger partial charge in [0.2, 0.25) is 0 Å². The quantitative estimate of drug-likeness (QED) is 0.664. The predicted octanol–water partition coefficient (Wildman–Crippen LogP) is 2.37. The number of fused-ring (bicyclic) bond motifs is 1. The molecular formula is C14H21NO3. The average molecular weight is 251 g/mol. The normalized spacial score (nSPS) is 38.2. The molecule has 0 aromatic heterocycles. The van der Waals surface area contributed by atoms with Crippen LogP contribution in [0, 0.1) is 11.8 Å². The second-order valence-corrected chi connectivity index (χ2v) is 6.96. The summed E-state index contributed by atoms with van der Waals surface area (Å²) in [6.07, 6.45) is 3.36. The Balaban J connectivity index is 1.80. The first-order chi connectivity index (χ1) is 8.33. The van der Waals surface area contributed by atoms with Gasteiger partial charge in [-0.3, -0.25) is 4.79 Å². The Morgan fingerprint density at radius 1 is 1.44 bits per heavy atom. The fraction of sp³-hybridized carbons (Fsp3) is 0.857. The van der Waals surface area contributed by atoms with Gasteiger partial charge in [-0.25, -0.2) is 4.79 Å². The molecule has 2 bridgehead atoms. The number of ketones is 1. The fourth-order valence-corrected chi connectivity index (χ4v) is 4.09. The molecule has 100 valence electrons. The van der Waals surface area contributed by atoms with Gasteiger partial charge < -0.3 is 9.64 Å². The summed E-state index contributed by atoms with van der Waals surface area (Å²) in [5.41, 5.74) is -0.642. The zero-order chi connectivity index (χ0) is 13.1. The Morgan fingerprint density at radius 2 is 2.17 bits per heavy atom. The lowest BCUT2D eigenvalue weighted by Gasteiger charge is -2.51. The smallest absolute Gasteiger partial charge is 0.410 e. The van der Waals surface area contributed by atoms with Crippen LogP contribution in [0.3, 0.4) is 0 Å². The first kappa shape index (κ1) is 12.0. The molecule has 4 nitrogen and oxygen atoms in total. The highest BCUT2D eigenvalue weighted by Gasteiger charge is 2.68. The van der Waals surface area contributed by atoms with E-state index in [2.05, 4.69) is 0 Å². The number of nitrogens with zero attached hydrogens (tertiary/aromatic N) is 1. The monoisotopic (exact) mass is 251 g/mol. The molecule has 2 heterocycles. The minimum Gasteiger partial charge on any atom is -0.444 e. The molecule has 0 unspecified atom stereocenters. The van der Waals surface area contributed by atoms with Gasteiger partial charge in [-0.2, -0.15) is 0 Å². The molecule has 4 fully saturated rings. The van der Waals surface area contributed by atoms with Gasteiger partial charge in [-0.15, -0.1) is 0 Å². The van der Waals surface area contributed by atoms with Crippen LogP contribution in [0.25, 0.3) is 0 Å². The van der Waals surface area contributed by atoms with Gasteiger partial charge in [0.25, 0.3) is 0 Å². The lowest BCUT2D eigenvalue weighted by molar-refractivity contribution is -0.137. The van der Waals surface area contributed by atoms with Crippen molar-refractivity contribution in [1.29, 1.82) is 0 Å². The molecule has 4 rings (SSSR count). The SMILES string of the molecule is CC(C)(C)OC(=O)N1C[C@@H]2C[C@]13CCCC(=O)[C@@H]23. The van der Waals surface area contributed by atoms with Crippen molar-refractivity contribution in [3.63, 3.8) is 0 Å². The van der Waals surface area contributed by atoms with E-state index in [0.29, 0.717) is 24.7 Å². The molecule has 0 aromatic rings. The van der Waals surface area contributed by atoms with Crippen molar-refractivity contribution < 1.29 is 14.3 Å². The van der Waals surface area contributed by atoms with Crippen molar-refractivity contribution in [1.82, 2.24) is 4.90 Å².